The monoisotopic (exact) mass is 501 g/mol. The number of rotatable bonds is 5. The highest BCUT2D eigenvalue weighted by Crippen LogP contribution is 2.30. The van der Waals surface area contributed by atoms with E-state index < -0.39 is 37.1 Å². The number of aliphatic hydroxyl groups excluding tert-OH is 4. The van der Waals surface area contributed by atoms with Gasteiger partial charge in [0.2, 0.25) is 5.88 Å². The van der Waals surface area contributed by atoms with Crippen LogP contribution in [-0.4, -0.2) is 72.7 Å². The molecule has 3 heterocycles. The van der Waals surface area contributed by atoms with E-state index in [4.69, 9.17) is 9.47 Å². The predicted molar refractivity (Wildman–Crippen MR) is 135 cm³/mol. The van der Waals surface area contributed by atoms with Crippen LogP contribution in [0.4, 0.5) is 0 Å². The smallest absolute Gasteiger partial charge is 0.213 e. The lowest BCUT2D eigenvalue weighted by Gasteiger charge is -2.37. The second-order valence-electron chi connectivity index (χ2n) is 8.99. The topological polar surface area (TPSA) is 141 Å². The number of nitrogens with zero attached hydrogens (tertiary/aromatic N) is 2. The summed E-state index contributed by atoms with van der Waals surface area (Å²) in [6.45, 7) is 1.89. The maximum absolute atomic E-state index is 10.3. The maximum Gasteiger partial charge on any atom is 0.213 e. The molecular formula is C28H27N3O6. The minimum absolute atomic E-state index is 0.422. The molecule has 2 aromatic carbocycles. The largest absolute Gasteiger partial charge is 0.473 e. The zero-order valence-corrected chi connectivity index (χ0v) is 20.1. The second-order valence-corrected chi connectivity index (χ2v) is 8.99. The van der Waals surface area contributed by atoms with E-state index in [0.29, 0.717) is 23.6 Å². The fraction of sp³-hybridized carbons (Fsp3) is 0.286. The lowest BCUT2D eigenvalue weighted by Crippen LogP contribution is -2.58. The van der Waals surface area contributed by atoms with Crippen LogP contribution in [0.3, 0.4) is 0 Å². The first-order valence-corrected chi connectivity index (χ1v) is 11.9. The van der Waals surface area contributed by atoms with Crippen molar-refractivity contribution in [2.45, 2.75) is 44.1 Å². The van der Waals surface area contributed by atoms with E-state index in [9.17, 15) is 20.4 Å². The quantitative estimate of drug-likeness (QED) is 0.260. The highest BCUT2D eigenvalue weighted by Gasteiger charge is 2.42. The van der Waals surface area contributed by atoms with Gasteiger partial charge < -0.3 is 29.9 Å². The number of hydrogen-bond donors (Lipinski definition) is 5. The molecule has 1 fully saturated rings. The molecule has 2 aromatic heterocycles. The molecular weight excluding hydrogens is 474 g/mol. The molecule has 0 bridgehead atoms. The van der Waals surface area contributed by atoms with Crippen molar-refractivity contribution in [1.29, 1.82) is 0 Å². The Balaban J connectivity index is 1.42. The van der Waals surface area contributed by atoms with Crippen LogP contribution in [0.2, 0.25) is 0 Å². The Kier molecular flexibility index (Phi) is 7.19. The molecule has 4 aromatic rings. The van der Waals surface area contributed by atoms with Gasteiger partial charge in [0.15, 0.2) is 0 Å². The summed E-state index contributed by atoms with van der Waals surface area (Å²) in [4.78, 5) is 4.48. The van der Waals surface area contributed by atoms with Crippen molar-refractivity contribution in [3.8, 4) is 28.8 Å². The number of aliphatic hydroxyl groups is 4. The molecule has 0 aliphatic carbocycles. The Morgan fingerprint density at radius 1 is 1.03 bits per heavy atom. The van der Waals surface area contributed by atoms with E-state index in [1.54, 1.807) is 12.4 Å². The highest BCUT2D eigenvalue weighted by molar-refractivity contribution is 5.89. The van der Waals surface area contributed by atoms with Crippen molar-refractivity contribution in [1.82, 2.24) is 15.2 Å². The Morgan fingerprint density at radius 3 is 2.59 bits per heavy atom. The zero-order valence-electron chi connectivity index (χ0n) is 20.1. The molecule has 0 amide bonds. The van der Waals surface area contributed by atoms with Gasteiger partial charge in [0.05, 0.1) is 23.9 Å². The average molecular weight is 502 g/mol. The fourth-order valence-electron chi connectivity index (χ4n) is 4.32. The van der Waals surface area contributed by atoms with Gasteiger partial charge >= 0.3 is 0 Å². The zero-order chi connectivity index (χ0) is 25.9. The van der Waals surface area contributed by atoms with Gasteiger partial charge in [-0.15, -0.1) is 0 Å². The molecule has 5 atom stereocenters. The van der Waals surface area contributed by atoms with Crippen LogP contribution in [0.5, 0.6) is 5.88 Å². The molecule has 5 N–H and O–H groups in total. The molecule has 1 aliphatic rings. The van der Waals surface area contributed by atoms with Crippen LogP contribution in [0, 0.1) is 18.8 Å². The van der Waals surface area contributed by atoms with Crippen LogP contribution in [0.15, 0.2) is 60.9 Å². The molecule has 190 valence electrons. The molecule has 1 saturated heterocycles. The number of hydrogen-bond acceptors (Lipinski definition) is 8. The summed E-state index contributed by atoms with van der Waals surface area (Å²) >= 11 is 0. The van der Waals surface area contributed by atoms with Gasteiger partial charge in [0.1, 0.15) is 37.1 Å². The molecule has 4 unspecified atom stereocenters. The number of aryl methyl sites for hydroxylation is 1. The molecule has 0 spiro atoms. The van der Waals surface area contributed by atoms with E-state index in [1.807, 2.05) is 55.5 Å². The summed E-state index contributed by atoms with van der Waals surface area (Å²) in [5, 5.41) is 47.7. The third-order valence-corrected chi connectivity index (χ3v) is 6.42. The number of aromatic amines is 1. The Morgan fingerprint density at radius 2 is 1.84 bits per heavy atom. The standard InChI is InChI=1S/C28H27N3O6/c1-16-9-24(36-15-17-5-3-2-4-6-17)29-13-21(16)19-10-18(25-20(11-19)12-30-31-25)7-8-22-26(33)28(35)27(34)23(14-32)37-22/h2-6,9-13,22-23,26-28,32-35H,14-15H2,1H3,(H,30,31)/t22?,23?,26?,27-,28?/m1/s1. The lowest BCUT2D eigenvalue weighted by atomic mass is 9.95. The number of pyridine rings is 1. The molecule has 1 aliphatic heterocycles. The number of H-pyrrole nitrogens is 1. The van der Waals surface area contributed by atoms with Gasteiger partial charge in [-0.25, -0.2) is 4.98 Å². The van der Waals surface area contributed by atoms with E-state index in [0.717, 1.165) is 27.6 Å². The summed E-state index contributed by atoms with van der Waals surface area (Å²) in [5.74, 6) is 6.36. The normalized spacial score (nSPS) is 23.4. The SMILES string of the molecule is Cc1cc(OCc2ccccc2)ncc1-c1cc(C#CC2OC(CO)[C@@H](O)C(O)C2O)c2[nH]ncc2c1. The number of aromatic nitrogens is 3. The average Bonchev–Trinajstić information content (AvgIpc) is 3.40. The third-order valence-electron chi connectivity index (χ3n) is 6.42. The van der Waals surface area contributed by atoms with Gasteiger partial charge in [-0.2, -0.15) is 5.10 Å². The van der Waals surface area contributed by atoms with Gasteiger partial charge in [0.25, 0.3) is 0 Å². The molecule has 5 rings (SSSR count). The van der Waals surface area contributed by atoms with Crippen LogP contribution in [0.25, 0.3) is 22.0 Å². The van der Waals surface area contributed by atoms with Crippen LogP contribution in [-0.2, 0) is 11.3 Å². The van der Waals surface area contributed by atoms with Gasteiger partial charge in [-0.1, -0.05) is 42.2 Å². The predicted octanol–water partition coefficient (Wildman–Crippen LogP) is 1.71. The summed E-state index contributed by atoms with van der Waals surface area (Å²) in [7, 11) is 0. The minimum Gasteiger partial charge on any atom is -0.473 e. The Labute approximate surface area is 213 Å². The van der Waals surface area contributed by atoms with Crippen LogP contribution >= 0.6 is 0 Å². The van der Waals surface area contributed by atoms with Crippen LogP contribution in [0.1, 0.15) is 16.7 Å². The van der Waals surface area contributed by atoms with Crippen molar-refractivity contribution in [3.05, 3.63) is 77.6 Å². The van der Waals surface area contributed by atoms with Crippen molar-refractivity contribution < 1.29 is 29.9 Å². The number of ether oxygens (including phenoxy) is 2. The number of nitrogens with one attached hydrogen (secondary N) is 1. The van der Waals surface area contributed by atoms with E-state index >= 15 is 0 Å². The Hall–Kier alpha value is -3.78. The first-order valence-electron chi connectivity index (χ1n) is 11.9. The summed E-state index contributed by atoms with van der Waals surface area (Å²) in [6.07, 6.45) is -3.02. The molecule has 37 heavy (non-hydrogen) atoms. The van der Waals surface area contributed by atoms with E-state index in [-0.39, 0.29) is 0 Å². The molecule has 9 nitrogen and oxygen atoms in total. The molecule has 0 radical (unpaired) electrons. The van der Waals surface area contributed by atoms with E-state index in [2.05, 4.69) is 27.0 Å². The van der Waals surface area contributed by atoms with Crippen molar-refractivity contribution in [2.24, 2.45) is 0 Å². The summed E-state index contributed by atoms with van der Waals surface area (Å²) < 4.78 is 11.4. The fourth-order valence-corrected chi connectivity index (χ4v) is 4.32. The number of fused-ring (bicyclic) bond motifs is 1. The van der Waals surface area contributed by atoms with Crippen molar-refractivity contribution >= 4 is 10.9 Å². The molecule has 9 heteroatoms. The van der Waals surface area contributed by atoms with Gasteiger partial charge in [0, 0.05) is 23.2 Å². The maximum atomic E-state index is 10.3. The Bertz CT molecular complexity index is 1440. The first-order chi connectivity index (χ1) is 17.9. The number of benzene rings is 2. The van der Waals surface area contributed by atoms with Crippen molar-refractivity contribution in [2.75, 3.05) is 6.61 Å². The minimum atomic E-state index is -1.49. The third kappa shape index (κ3) is 5.20. The second kappa shape index (κ2) is 10.7. The van der Waals surface area contributed by atoms with Gasteiger partial charge in [-0.3, -0.25) is 5.10 Å². The van der Waals surface area contributed by atoms with Crippen LogP contribution < -0.4 is 4.74 Å². The van der Waals surface area contributed by atoms with Crippen molar-refractivity contribution in [3.63, 3.8) is 0 Å². The van der Waals surface area contributed by atoms with E-state index in [1.165, 1.54) is 0 Å². The highest BCUT2D eigenvalue weighted by atomic mass is 16.5. The molecule has 0 saturated carbocycles. The van der Waals surface area contributed by atoms with Gasteiger partial charge in [-0.05, 0) is 35.7 Å². The lowest BCUT2D eigenvalue weighted by molar-refractivity contribution is -0.214. The first kappa shape index (κ1) is 24.9. The summed E-state index contributed by atoms with van der Waals surface area (Å²) in [6, 6.07) is 15.6. The summed E-state index contributed by atoms with van der Waals surface area (Å²) in [5.41, 5.74) is 5.09.